The summed E-state index contributed by atoms with van der Waals surface area (Å²) in [6, 6.07) is 7.10. The maximum Gasteiger partial charge on any atom is 0.314 e. The highest BCUT2D eigenvalue weighted by molar-refractivity contribution is 6.05. The van der Waals surface area contributed by atoms with E-state index in [2.05, 4.69) is 5.32 Å². The van der Waals surface area contributed by atoms with Crippen molar-refractivity contribution in [2.75, 3.05) is 18.0 Å². The summed E-state index contributed by atoms with van der Waals surface area (Å²) in [7, 11) is 0. The van der Waals surface area contributed by atoms with Gasteiger partial charge in [-0.25, -0.2) is 0 Å². The van der Waals surface area contributed by atoms with Gasteiger partial charge < -0.3 is 15.3 Å². The number of nitrogens with zero attached hydrogens (tertiary/aromatic N) is 1. The van der Waals surface area contributed by atoms with E-state index in [4.69, 9.17) is 0 Å². The highest BCUT2D eigenvalue weighted by atomic mass is 16.4. The molecular formula is C17H20N2O4. The molecular weight excluding hydrogens is 296 g/mol. The second-order valence-corrected chi connectivity index (χ2v) is 6.22. The first-order chi connectivity index (χ1) is 11.0. The summed E-state index contributed by atoms with van der Waals surface area (Å²) in [6.07, 6.45) is 3.87. The summed E-state index contributed by atoms with van der Waals surface area (Å²) in [5.41, 5.74) is 0.232. The Morgan fingerprint density at radius 3 is 2.52 bits per heavy atom. The van der Waals surface area contributed by atoms with Crippen LogP contribution >= 0.6 is 0 Å². The van der Waals surface area contributed by atoms with E-state index >= 15 is 0 Å². The number of hydrogen-bond acceptors (Lipinski definition) is 3. The van der Waals surface area contributed by atoms with Crippen LogP contribution < -0.4 is 10.2 Å². The SMILES string of the molecule is O=C1CN(c2ccccc2C2(C(=O)O)CCCCC2)C(=O)CN1. The number of anilines is 1. The third kappa shape index (κ3) is 2.69. The molecule has 2 aliphatic rings. The average Bonchev–Trinajstić information content (AvgIpc) is 2.57. The highest BCUT2D eigenvalue weighted by Crippen LogP contribution is 2.43. The fourth-order valence-corrected chi connectivity index (χ4v) is 3.64. The third-order valence-corrected chi connectivity index (χ3v) is 4.87. The zero-order valence-corrected chi connectivity index (χ0v) is 12.9. The van der Waals surface area contributed by atoms with E-state index in [0.717, 1.165) is 19.3 Å². The van der Waals surface area contributed by atoms with E-state index in [1.54, 1.807) is 24.3 Å². The molecule has 6 heteroatoms. The van der Waals surface area contributed by atoms with Gasteiger partial charge in [0.2, 0.25) is 11.8 Å². The van der Waals surface area contributed by atoms with Crippen LogP contribution in [0.2, 0.25) is 0 Å². The molecule has 23 heavy (non-hydrogen) atoms. The topological polar surface area (TPSA) is 86.7 Å². The normalized spacial score (nSPS) is 21.0. The van der Waals surface area contributed by atoms with Crippen LogP contribution in [0.15, 0.2) is 24.3 Å². The number of amides is 2. The Kier molecular flexibility index (Phi) is 4.07. The number of piperazine rings is 1. The lowest BCUT2D eigenvalue weighted by Gasteiger charge is -2.37. The van der Waals surface area contributed by atoms with Crippen molar-refractivity contribution in [3.05, 3.63) is 29.8 Å². The molecule has 0 radical (unpaired) electrons. The van der Waals surface area contributed by atoms with Gasteiger partial charge in [0.25, 0.3) is 0 Å². The van der Waals surface area contributed by atoms with Gasteiger partial charge in [0.15, 0.2) is 0 Å². The Morgan fingerprint density at radius 2 is 1.83 bits per heavy atom. The van der Waals surface area contributed by atoms with Crippen molar-refractivity contribution in [2.45, 2.75) is 37.5 Å². The fourth-order valence-electron chi connectivity index (χ4n) is 3.64. The standard InChI is InChI=1S/C17H20N2O4/c20-14-11-19(15(21)10-18-14)13-7-3-2-6-12(13)17(16(22)23)8-4-1-5-9-17/h2-3,6-7H,1,4-5,8-11H2,(H,18,20)(H,22,23). The number of aliphatic carboxylic acids is 1. The quantitative estimate of drug-likeness (QED) is 0.883. The van der Waals surface area contributed by atoms with Crippen molar-refractivity contribution in [3.8, 4) is 0 Å². The predicted octanol–water partition coefficient (Wildman–Crippen LogP) is 1.44. The maximum atomic E-state index is 12.2. The number of carboxylic acids is 1. The summed E-state index contributed by atoms with van der Waals surface area (Å²) in [5, 5.41) is 12.4. The van der Waals surface area contributed by atoms with Crippen LogP contribution in [0.5, 0.6) is 0 Å². The molecule has 2 N–H and O–H groups in total. The molecule has 1 aliphatic carbocycles. The molecule has 1 aliphatic heterocycles. The molecule has 6 nitrogen and oxygen atoms in total. The molecule has 1 saturated heterocycles. The van der Waals surface area contributed by atoms with Gasteiger partial charge >= 0.3 is 5.97 Å². The zero-order valence-electron chi connectivity index (χ0n) is 12.9. The maximum absolute atomic E-state index is 12.2. The Balaban J connectivity index is 2.08. The van der Waals surface area contributed by atoms with Crippen molar-refractivity contribution in [1.82, 2.24) is 5.32 Å². The number of carbonyl (C=O) groups excluding carboxylic acids is 2. The van der Waals surface area contributed by atoms with Gasteiger partial charge in [-0.1, -0.05) is 37.5 Å². The molecule has 0 aromatic heterocycles. The molecule has 122 valence electrons. The van der Waals surface area contributed by atoms with Gasteiger partial charge in [0.1, 0.15) is 6.54 Å². The third-order valence-electron chi connectivity index (χ3n) is 4.87. The summed E-state index contributed by atoms with van der Waals surface area (Å²) in [5.74, 6) is -1.29. The highest BCUT2D eigenvalue weighted by Gasteiger charge is 2.44. The van der Waals surface area contributed by atoms with E-state index in [1.807, 2.05) is 0 Å². The molecule has 2 fully saturated rings. The molecule has 0 unspecified atom stereocenters. The predicted molar refractivity (Wildman–Crippen MR) is 84.2 cm³/mol. The summed E-state index contributed by atoms with van der Waals surface area (Å²) < 4.78 is 0. The van der Waals surface area contributed by atoms with Gasteiger partial charge in [0, 0.05) is 5.69 Å². The molecule has 1 heterocycles. The van der Waals surface area contributed by atoms with Gasteiger partial charge in [-0.15, -0.1) is 0 Å². The second-order valence-electron chi connectivity index (χ2n) is 6.22. The van der Waals surface area contributed by atoms with Crippen LogP contribution in [0.1, 0.15) is 37.7 Å². The summed E-state index contributed by atoms with van der Waals surface area (Å²) >= 11 is 0. The smallest absolute Gasteiger partial charge is 0.314 e. The lowest BCUT2D eigenvalue weighted by atomic mass is 9.69. The number of para-hydroxylation sites is 1. The lowest BCUT2D eigenvalue weighted by Crippen LogP contribution is -2.52. The largest absolute Gasteiger partial charge is 0.481 e. The lowest BCUT2D eigenvalue weighted by molar-refractivity contribution is -0.145. The minimum atomic E-state index is -0.969. The summed E-state index contributed by atoms with van der Waals surface area (Å²) in [4.78, 5) is 37.4. The van der Waals surface area contributed by atoms with Crippen LogP contribution in [0.3, 0.4) is 0 Å². The molecule has 1 saturated carbocycles. The number of rotatable bonds is 3. The molecule has 0 spiro atoms. The fraction of sp³-hybridized carbons (Fsp3) is 0.471. The Labute approximate surface area is 134 Å². The number of hydrogen-bond donors (Lipinski definition) is 2. The Morgan fingerprint density at radius 1 is 1.13 bits per heavy atom. The number of carboxylic acid groups (broad SMARTS) is 1. The first-order valence-electron chi connectivity index (χ1n) is 7.94. The van der Waals surface area contributed by atoms with E-state index in [0.29, 0.717) is 24.1 Å². The number of benzene rings is 1. The van der Waals surface area contributed by atoms with Crippen molar-refractivity contribution >= 4 is 23.5 Å². The van der Waals surface area contributed by atoms with Crippen molar-refractivity contribution < 1.29 is 19.5 Å². The molecule has 1 aromatic carbocycles. The minimum Gasteiger partial charge on any atom is -0.481 e. The van der Waals surface area contributed by atoms with E-state index in [9.17, 15) is 19.5 Å². The first-order valence-corrected chi connectivity index (χ1v) is 7.94. The van der Waals surface area contributed by atoms with Crippen LogP contribution in [0.25, 0.3) is 0 Å². The van der Waals surface area contributed by atoms with E-state index in [-0.39, 0.29) is 24.9 Å². The molecule has 1 aromatic rings. The zero-order chi connectivity index (χ0) is 16.4. The van der Waals surface area contributed by atoms with Gasteiger partial charge in [-0.2, -0.15) is 0 Å². The van der Waals surface area contributed by atoms with Gasteiger partial charge in [-0.3, -0.25) is 14.4 Å². The van der Waals surface area contributed by atoms with Crippen LogP contribution in [0.4, 0.5) is 5.69 Å². The van der Waals surface area contributed by atoms with Gasteiger partial charge in [-0.05, 0) is 24.5 Å². The molecule has 0 atom stereocenters. The van der Waals surface area contributed by atoms with Crippen LogP contribution in [-0.2, 0) is 19.8 Å². The Hall–Kier alpha value is -2.37. The Bertz CT molecular complexity index is 650. The van der Waals surface area contributed by atoms with Crippen molar-refractivity contribution in [3.63, 3.8) is 0 Å². The number of nitrogens with one attached hydrogen (secondary N) is 1. The molecule has 3 rings (SSSR count). The average molecular weight is 316 g/mol. The monoisotopic (exact) mass is 316 g/mol. The summed E-state index contributed by atoms with van der Waals surface area (Å²) in [6.45, 7) is -0.112. The number of carbonyl (C=O) groups is 3. The molecule has 2 amide bonds. The minimum absolute atomic E-state index is 0.0484. The van der Waals surface area contributed by atoms with Crippen molar-refractivity contribution in [2.24, 2.45) is 0 Å². The van der Waals surface area contributed by atoms with Crippen LogP contribution in [-0.4, -0.2) is 36.0 Å². The van der Waals surface area contributed by atoms with Gasteiger partial charge in [0.05, 0.1) is 12.0 Å². The van der Waals surface area contributed by atoms with E-state index in [1.165, 1.54) is 4.90 Å². The van der Waals surface area contributed by atoms with E-state index < -0.39 is 11.4 Å². The first kappa shape index (κ1) is 15.5. The van der Waals surface area contributed by atoms with Crippen molar-refractivity contribution in [1.29, 1.82) is 0 Å². The second kappa shape index (κ2) is 6.02. The van der Waals surface area contributed by atoms with Crippen LogP contribution in [0, 0.1) is 0 Å². The molecule has 0 bridgehead atoms.